The molecule has 2 rings (SSSR count). The fourth-order valence-corrected chi connectivity index (χ4v) is 3.87. The van der Waals surface area contributed by atoms with E-state index in [4.69, 9.17) is 14.5 Å². The Morgan fingerprint density at radius 2 is 1.96 bits per heavy atom. The third-order valence-corrected chi connectivity index (χ3v) is 5.50. The van der Waals surface area contributed by atoms with Gasteiger partial charge in [-0.25, -0.2) is 0 Å². The number of rotatable bonds is 11. The monoisotopic (exact) mass is 408 g/mol. The summed E-state index contributed by atoms with van der Waals surface area (Å²) in [5.74, 6) is 3.84. The number of hydrogen-bond acceptors (Lipinski definition) is 5. The van der Waals surface area contributed by atoms with Gasteiger partial charge in [0.2, 0.25) is 0 Å². The lowest BCUT2D eigenvalue weighted by Crippen LogP contribution is -2.44. The molecule has 1 aliphatic heterocycles. The summed E-state index contributed by atoms with van der Waals surface area (Å²) < 4.78 is 10.8. The lowest BCUT2D eigenvalue weighted by atomic mass is 10.2. The average Bonchev–Trinajstić information content (AvgIpc) is 3.14. The van der Waals surface area contributed by atoms with Gasteiger partial charge in [-0.05, 0) is 55.9 Å². The molecule has 0 aliphatic carbocycles. The van der Waals surface area contributed by atoms with Gasteiger partial charge in [0.05, 0.1) is 14.2 Å². The molecule has 6 nitrogen and oxygen atoms in total. The minimum Gasteiger partial charge on any atom is -0.497 e. The van der Waals surface area contributed by atoms with Crippen LogP contribution in [0.25, 0.3) is 0 Å². The Bertz CT molecular complexity index is 590. The first kappa shape index (κ1) is 22.7. The summed E-state index contributed by atoms with van der Waals surface area (Å²) in [4.78, 5) is 7.20. The van der Waals surface area contributed by atoms with E-state index < -0.39 is 0 Å². The van der Waals surface area contributed by atoms with E-state index in [1.54, 1.807) is 14.2 Å². The molecule has 0 aromatic heterocycles. The van der Waals surface area contributed by atoms with E-state index >= 15 is 0 Å². The molecule has 1 aliphatic rings. The van der Waals surface area contributed by atoms with Crippen LogP contribution >= 0.6 is 11.8 Å². The van der Waals surface area contributed by atoms with Crippen LogP contribution in [-0.4, -0.2) is 69.3 Å². The van der Waals surface area contributed by atoms with Crippen LogP contribution in [0.1, 0.15) is 31.7 Å². The van der Waals surface area contributed by atoms with E-state index in [2.05, 4.69) is 40.8 Å². The molecular weight excluding hydrogens is 372 g/mol. The first-order valence-corrected chi connectivity index (χ1v) is 11.6. The van der Waals surface area contributed by atoms with Crippen molar-refractivity contribution in [3.8, 4) is 11.5 Å². The van der Waals surface area contributed by atoms with Crippen LogP contribution in [0.2, 0.25) is 0 Å². The van der Waals surface area contributed by atoms with Crippen LogP contribution in [0, 0.1) is 0 Å². The van der Waals surface area contributed by atoms with Crippen LogP contribution in [0.5, 0.6) is 11.5 Å². The van der Waals surface area contributed by atoms with Gasteiger partial charge in [0, 0.05) is 44.8 Å². The second-order valence-electron chi connectivity index (χ2n) is 7.05. The van der Waals surface area contributed by atoms with E-state index in [-0.39, 0.29) is 0 Å². The number of thioether (sulfide) groups is 1. The van der Waals surface area contributed by atoms with Crippen LogP contribution in [0.15, 0.2) is 23.2 Å². The molecule has 1 heterocycles. The predicted octanol–water partition coefficient (Wildman–Crippen LogP) is 2.98. The van der Waals surface area contributed by atoms with E-state index in [1.807, 2.05) is 17.8 Å². The van der Waals surface area contributed by atoms with Crippen LogP contribution < -0.4 is 20.1 Å². The zero-order valence-corrected chi connectivity index (χ0v) is 18.6. The summed E-state index contributed by atoms with van der Waals surface area (Å²) in [5, 5.41) is 6.99. The minimum atomic E-state index is 0.427. The number of hydrogen-bond donors (Lipinski definition) is 2. The SMILES string of the molecule is CCNC(=NCCCCSC)NC1CCN(Cc2cc(OC)cc(OC)c2)C1. The van der Waals surface area contributed by atoms with Gasteiger partial charge in [-0.1, -0.05) is 0 Å². The third-order valence-electron chi connectivity index (χ3n) is 4.80. The van der Waals surface area contributed by atoms with Gasteiger partial charge < -0.3 is 20.1 Å². The third kappa shape index (κ3) is 7.80. The van der Waals surface area contributed by atoms with Gasteiger partial charge in [0.15, 0.2) is 5.96 Å². The second kappa shape index (κ2) is 12.8. The summed E-state index contributed by atoms with van der Waals surface area (Å²) in [6.45, 7) is 6.86. The Kier molecular flexibility index (Phi) is 10.4. The summed E-state index contributed by atoms with van der Waals surface area (Å²) in [7, 11) is 3.38. The largest absolute Gasteiger partial charge is 0.497 e. The zero-order chi connectivity index (χ0) is 20.2. The molecule has 158 valence electrons. The Morgan fingerprint density at radius 3 is 2.61 bits per heavy atom. The molecule has 1 unspecified atom stereocenters. The van der Waals surface area contributed by atoms with Gasteiger partial charge >= 0.3 is 0 Å². The number of likely N-dealkylation sites (tertiary alicyclic amines) is 1. The number of nitrogens with one attached hydrogen (secondary N) is 2. The Labute approximate surface area is 174 Å². The molecule has 2 N–H and O–H groups in total. The molecule has 1 atom stereocenters. The maximum Gasteiger partial charge on any atom is 0.191 e. The molecule has 0 spiro atoms. The quantitative estimate of drug-likeness (QED) is 0.334. The van der Waals surface area contributed by atoms with Gasteiger partial charge in [0.25, 0.3) is 0 Å². The first-order valence-electron chi connectivity index (χ1n) is 10.2. The fourth-order valence-electron chi connectivity index (χ4n) is 3.37. The molecule has 1 fully saturated rings. The highest BCUT2D eigenvalue weighted by atomic mass is 32.2. The van der Waals surface area contributed by atoms with Crippen molar-refractivity contribution in [3.63, 3.8) is 0 Å². The maximum absolute atomic E-state index is 5.39. The molecule has 7 heteroatoms. The van der Waals surface area contributed by atoms with Crippen molar-refractivity contribution in [1.29, 1.82) is 0 Å². The van der Waals surface area contributed by atoms with E-state index in [0.29, 0.717) is 6.04 Å². The lowest BCUT2D eigenvalue weighted by Gasteiger charge is -2.19. The summed E-state index contributed by atoms with van der Waals surface area (Å²) in [6, 6.07) is 6.51. The number of nitrogens with zero attached hydrogens (tertiary/aromatic N) is 2. The molecule has 1 aromatic carbocycles. The predicted molar refractivity (Wildman–Crippen MR) is 120 cm³/mol. The van der Waals surface area contributed by atoms with Crippen LogP contribution in [-0.2, 0) is 6.54 Å². The van der Waals surface area contributed by atoms with Crippen molar-refractivity contribution in [2.24, 2.45) is 4.99 Å². The number of guanidine groups is 1. The van der Waals surface area contributed by atoms with Crippen molar-refractivity contribution < 1.29 is 9.47 Å². The molecule has 0 saturated carbocycles. The van der Waals surface area contributed by atoms with E-state index in [0.717, 1.165) is 63.0 Å². The smallest absolute Gasteiger partial charge is 0.191 e. The Morgan fingerprint density at radius 1 is 1.21 bits per heavy atom. The molecule has 0 bridgehead atoms. The van der Waals surface area contributed by atoms with Crippen molar-refractivity contribution in [1.82, 2.24) is 15.5 Å². The van der Waals surface area contributed by atoms with Gasteiger partial charge in [-0.2, -0.15) is 11.8 Å². The number of benzene rings is 1. The highest BCUT2D eigenvalue weighted by molar-refractivity contribution is 7.98. The highest BCUT2D eigenvalue weighted by Crippen LogP contribution is 2.24. The average molecular weight is 409 g/mol. The molecule has 1 saturated heterocycles. The van der Waals surface area contributed by atoms with E-state index in [9.17, 15) is 0 Å². The number of aliphatic imine (C=N–C) groups is 1. The minimum absolute atomic E-state index is 0.427. The lowest BCUT2D eigenvalue weighted by molar-refractivity contribution is 0.321. The Hall–Kier alpha value is -1.60. The van der Waals surface area contributed by atoms with E-state index in [1.165, 1.54) is 17.7 Å². The summed E-state index contributed by atoms with van der Waals surface area (Å²) in [5.41, 5.74) is 1.21. The topological polar surface area (TPSA) is 58.1 Å². The van der Waals surface area contributed by atoms with Gasteiger partial charge in [-0.15, -0.1) is 0 Å². The Balaban J connectivity index is 1.85. The number of ether oxygens (including phenoxy) is 2. The molecule has 1 aromatic rings. The number of methoxy groups -OCH3 is 2. The highest BCUT2D eigenvalue weighted by Gasteiger charge is 2.23. The van der Waals surface area contributed by atoms with Gasteiger partial charge in [0.1, 0.15) is 11.5 Å². The number of unbranched alkanes of at least 4 members (excludes halogenated alkanes) is 1. The molecule has 28 heavy (non-hydrogen) atoms. The van der Waals surface area contributed by atoms with Crippen molar-refractivity contribution >= 4 is 17.7 Å². The summed E-state index contributed by atoms with van der Waals surface area (Å²) >= 11 is 1.90. The molecular formula is C21H36N4O2S. The van der Waals surface area contributed by atoms with Crippen molar-refractivity contribution in [2.45, 2.75) is 38.8 Å². The normalized spacial score (nSPS) is 17.6. The van der Waals surface area contributed by atoms with Crippen molar-refractivity contribution in [3.05, 3.63) is 23.8 Å². The standard InChI is InChI=1S/C21H36N4O2S/c1-5-22-21(23-9-6-7-11-28-4)24-18-8-10-25(16-18)15-17-12-19(26-2)14-20(13-17)27-3/h12-14,18H,5-11,15-16H2,1-4H3,(H2,22,23,24). The molecule has 0 radical (unpaired) electrons. The second-order valence-corrected chi connectivity index (χ2v) is 8.03. The summed E-state index contributed by atoms with van der Waals surface area (Å²) in [6.07, 6.45) is 5.65. The molecule has 0 amide bonds. The zero-order valence-electron chi connectivity index (χ0n) is 17.8. The fraction of sp³-hybridized carbons (Fsp3) is 0.667. The van der Waals surface area contributed by atoms with Crippen LogP contribution in [0.4, 0.5) is 0 Å². The van der Waals surface area contributed by atoms with Crippen LogP contribution in [0.3, 0.4) is 0 Å². The van der Waals surface area contributed by atoms with Gasteiger partial charge in [-0.3, -0.25) is 9.89 Å². The maximum atomic E-state index is 5.39. The van der Waals surface area contributed by atoms with Crippen molar-refractivity contribution in [2.75, 3.05) is 52.4 Å². The first-order chi connectivity index (χ1) is 13.7.